The van der Waals surface area contributed by atoms with Gasteiger partial charge in [0.25, 0.3) is 0 Å². The Kier molecular flexibility index (Phi) is 5.86. The lowest BCUT2D eigenvalue weighted by atomic mass is 10.0. The third kappa shape index (κ3) is 4.88. The molecule has 100 valence electrons. The Labute approximate surface area is 110 Å². The van der Waals surface area contributed by atoms with E-state index in [1.807, 2.05) is 7.05 Å². The van der Waals surface area contributed by atoms with Crippen molar-refractivity contribution in [2.75, 3.05) is 20.7 Å². The Morgan fingerprint density at radius 1 is 1.28 bits per heavy atom. The maximum absolute atomic E-state index is 11.0. The summed E-state index contributed by atoms with van der Waals surface area (Å²) in [5.41, 5.74) is 2.63. The van der Waals surface area contributed by atoms with E-state index < -0.39 is 0 Å². The molecule has 0 N–H and O–H groups in total. The molecule has 0 aliphatic heterocycles. The quantitative estimate of drug-likeness (QED) is 0.726. The van der Waals surface area contributed by atoms with Crippen LogP contribution in [0, 0.1) is 0 Å². The van der Waals surface area contributed by atoms with E-state index in [1.54, 1.807) is 0 Å². The molecule has 0 aliphatic rings. The molecular weight excluding hydrogens is 226 g/mol. The molecule has 0 amide bonds. The minimum absolute atomic E-state index is 0.156. The normalized spacial score (nSPS) is 11.0. The van der Waals surface area contributed by atoms with Gasteiger partial charge in [0.15, 0.2) is 0 Å². The van der Waals surface area contributed by atoms with Crippen molar-refractivity contribution in [2.24, 2.45) is 0 Å². The third-order valence-electron chi connectivity index (χ3n) is 3.02. The summed E-state index contributed by atoms with van der Waals surface area (Å²) in [6, 6.07) is 8.66. The summed E-state index contributed by atoms with van der Waals surface area (Å²) in [6.07, 6.45) is 0.442. The first-order chi connectivity index (χ1) is 8.52. The molecule has 0 spiro atoms. The average Bonchev–Trinajstić information content (AvgIpc) is 2.36. The van der Waals surface area contributed by atoms with Gasteiger partial charge in [0.05, 0.1) is 13.5 Å². The van der Waals surface area contributed by atoms with Crippen LogP contribution in [0.3, 0.4) is 0 Å². The van der Waals surface area contributed by atoms with Crippen molar-refractivity contribution in [3.05, 3.63) is 35.4 Å². The molecule has 0 radical (unpaired) electrons. The van der Waals surface area contributed by atoms with Gasteiger partial charge in [-0.15, -0.1) is 0 Å². The molecule has 0 unspecified atom stereocenters. The highest BCUT2D eigenvalue weighted by Crippen LogP contribution is 2.15. The van der Waals surface area contributed by atoms with E-state index in [9.17, 15) is 4.79 Å². The average molecular weight is 249 g/mol. The highest BCUT2D eigenvalue weighted by Gasteiger charge is 2.05. The number of rotatable bonds is 6. The van der Waals surface area contributed by atoms with Gasteiger partial charge >= 0.3 is 5.97 Å². The molecule has 1 aromatic carbocycles. The second-order valence-electron chi connectivity index (χ2n) is 4.96. The van der Waals surface area contributed by atoms with Crippen LogP contribution in [0.15, 0.2) is 24.3 Å². The fraction of sp³-hybridized carbons (Fsp3) is 0.533. The minimum Gasteiger partial charge on any atom is -0.469 e. The summed E-state index contributed by atoms with van der Waals surface area (Å²) in [5, 5.41) is 0. The second-order valence-corrected chi connectivity index (χ2v) is 4.96. The molecule has 3 nitrogen and oxygen atoms in total. The molecule has 1 aromatic rings. The van der Waals surface area contributed by atoms with E-state index in [4.69, 9.17) is 0 Å². The van der Waals surface area contributed by atoms with E-state index >= 15 is 0 Å². The minimum atomic E-state index is -0.156. The van der Waals surface area contributed by atoms with Gasteiger partial charge in [-0.2, -0.15) is 0 Å². The molecular formula is C15H23NO2. The van der Waals surface area contributed by atoms with E-state index in [1.165, 1.54) is 18.2 Å². The Morgan fingerprint density at radius 3 is 2.39 bits per heavy atom. The zero-order valence-corrected chi connectivity index (χ0v) is 11.8. The van der Waals surface area contributed by atoms with Crippen LogP contribution in [0.4, 0.5) is 0 Å². The fourth-order valence-corrected chi connectivity index (χ4v) is 1.78. The lowest BCUT2D eigenvalue weighted by Crippen LogP contribution is -2.21. The van der Waals surface area contributed by atoms with Crippen LogP contribution < -0.4 is 0 Å². The van der Waals surface area contributed by atoms with E-state index in [2.05, 4.69) is 47.7 Å². The van der Waals surface area contributed by atoms with Gasteiger partial charge in [-0.25, -0.2) is 0 Å². The SMILES string of the molecule is COC(=O)CCN(C)Cc1ccc(C(C)C)cc1. The predicted molar refractivity (Wildman–Crippen MR) is 73.5 cm³/mol. The van der Waals surface area contributed by atoms with Gasteiger partial charge < -0.3 is 9.64 Å². The standard InChI is InChI=1S/C15H23NO2/c1-12(2)14-7-5-13(6-8-14)11-16(3)10-9-15(17)18-4/h5-8,12H,9-11H2,1-4H3. The highest BCUT2D eigenvalue weighted by atomic mass is 16.5. The molecule has 0 saturated carbocycles. The molecule has 0 aromatic heterocycles. The Balaban J connectivity index is 2.44. The fourth-order valence-electron chi connectivity index (χ4n) is 1.78. The number of benzene rings is 1. The summed E-state index contributed by atoms with van der Waals surface area (Å²) in [7, 11) is 3.44. The van der Waals surface area contributed by atoms with Gasteiger partial charge in [0.2, 0.25) is 0 Å². The summed E-state index contributed by atoms with van der Waals surface area (Å²) in [4.78, 5) is 13.2. The molecule has 3 heteroatoms. The number of carbonyl (C=O) groups is 1. The summed E-state index contributed by atoms with van der Waals surface area (Å²) in [6.45, 7) is 5.96. The summed E-state index contributed by atoms with van der Waals surface area (Å²) < 4.78 is 4.63. The number of hydrogen-bond acceptors (Lipinski definition) is 3. The smallest absolute Gasteiger partial charge is 0.306 e. The molecule has 1 rings (SSSR count). The largest absolute Gasteiger partial charge is 0.469 e. The molecule has 0 fully saturated rings. The maximum Gasteiger partial charge on any atom is 0.306 e. The van der Waals surface area contributed by atoms with Crippen molar-refractivity contribution >= 4 is 5.97 Å². The molecule has 0 heterocycles. The third-order valence-corrected chi connectivity index (χ3v) is 3.02. The highest BCUT2D eigenvalue weighted by molar-refractivity contribution is 5.69. The van der Waals surface area contributed by atoms with Crippen LogP contribution in [-0.2, 0) is 16.1 Å². The zero-order chi connectivity index (χ0) is 13.5. The van der Waals surface area contributed by atoms with Crippen molar-refractivity contribution < 1.29 is 9.53 Å². The van der Waals surface area contributed by atoms with E-state index in [-0.39, 0.29) is 5.97 Å². The zero-order valence-electron chi connectivity index (χ0n) is 11.8. The van der Waals surface area contributed by atoms with Gasteiger partial charge in [0, 0.05) is 13.1 Å². The number of ether oxygens (including phenoxy) is 1. The first kappa shape index (κ1) is 14.7. The molecule has 18 heavy (non-hydrogen) atoms. The van der Waals surface area contributed by atoms with Crippen molar-refractivity contribution in [2.45, 2.75) is 32.7 Å². The molecule has 0 aliphatic carbocycles. The Hall–Kier alpha value is -1.35. The van der Waals surface area contributed by atoms with Crippen LogP contribution in [-0.4, -0.2) is 31.6 Å². The van der Waals surface area contributed by atoms with E-state index in [0.29, 0.717) is 12.3 Å². The maximum atomic E-state index is 11.0. The van der Waals surface area contributed by atoms with Crippen LogP contribution in [0.2, 0.25) is 0 Å². The number of nitrogens with zero attached hydrogens (tertiary/aromatic N) is 1. The second kappa shape index (κ2) is 7.17. The van der Waals surface area contributed by atoms with Gasteiger partial charge in [-0.1, -0.05) is 38.1 Å². The lowest BCUT2D eigenvalue weighted by Gasteiger charge is -2.16. The molecule has 0 atom stereocenters. The topological polar surface area (TPSA) is 29.5 Å². The monoisotopic (exact) mass is 249 g/mol. The number of esters is 1. The Morgan fingerprint density at radius 2 is 1.89 bits per heavy atom. The van der Waals surface area contributed by atoms with Crippen molar-refractivity contribution in [1.29, 1.82) is 0 Å². The van der Waals surface area contributed by atoms with Crippen molar-refractivity contribution in [3.63, 3.8) is 0 Å². The van der Waals surface area contributed by atoms with Crippen molar-refractivity contribution in [1.82, 2.24) is 4.90 Å². The number of hydrogen-bond donors (Lipinski definition) is 0. The van der Waals surface area contributed by atoms with Gasteiger partial charge in [-0.05, 0) is 24.1 Å². The van der Waals surface area contributed by atoms with Gasteiger partial charge in [0.1, 0.15) is 0 Å². The van der Waals surface area contributed by atoms with Crippen LogP contribution in [0.25, 0.3) is 0 Å². The number of methoxy groups -OCH3 is 1. The Bertz CT molecular complexity index is 371. The van der Waals surface area contributed by atoms with Gasteiger partial charge in [-0.3, -0.25) is 4.79 Å². The first-order valence-corrected chi connectivity index (χ1v) is 6.37. The lowest BCUT2D eigenvalue weighted by molar-refractivity contribution is -0.140. The molecule has 0 saturated heterocycles. The van der Waals surface area contributed by atoms with E-state index in [0.717, 1.165) is 13.1 Å². The van der Waals surface area contributed by atoms with Crippen LogP contribution >= 0.6 is 0 Å². The first-order valence-electron chi connectivity index (χ1n) is 6.37. The summed E-state index contributed by atoms with van der Waals surface area (Å²) in [5.74, 6) is 0.410. The predicted octanol–water partition coefficient (Wildman–Crippen LogP) is 2.80. The number of carbonyl (C=O) groups excluding carboxylic acids is 1. The molecule has 0 bridgehead atoms. The van der Waals surface area contributed by atoms with Crippen molar-refractivity contribution in [3.8, 4) is 0 Å². The summed E-state index contributed by atoms with van der Waals surface area (Å²) >= 11 is 0. The van der Waals surface area contributed by atoms with Crippen LogP contribution in [0.5, 0.6) is 0 Å². The van der Waals surface area contributed by atoms with Crippen LogP contribution in [0.1, 0.15) is 37.3 Å².